The molecule has 0 aliphatic rings. The summed E-state index contributed by atoms with van der Waals surface area (Å²) in [6.07, 6.45) is 0. The molecular formula is C10H12ClNOS. The van der Waals surface area contributed by atoms with E-state index in [4.69, 9.17) is 11.6 Å². The molecule has 0 aliphatic carbocycles. The maximum Gasteiger partial charge on any atom is 0.226 e. The number of hydrogen-bond donors (Lipinski definition) is 2. The van der Waals surface area contributed by atoms with Gasteiger partial charge in [-0.3, -0.25) is 4.79 Å². The summed E-state index contributed by atoms with van der Waals surface area (Å²) in [6, 6.07) is 5.19. The van der Waals surface area contributed by atoms with Crippen molar-refractivity contribution in [3.05, 3.63) is 23.2 Å². The zero-order valence-corrected chi connectivity index (χ0v) is 9.69. The quantitative estimate of drug-likeness (QED) is 0.750. The Hall–Kier alpha value is -0.670. The average molecular weight is 230 g/mol. The smallest absolute Gasteiger partial charge is 0.226 e. The van der Waals surface area contributed by atoms with Crippen molar-refractivity contribution >= 4 is 35.8 Å². The summed E-state index contributed by atoms with van der Waals surface area (Å²) in [5.41, 5.74) is 0.720. The summed E-state index contributed by atoms with van der Waals surface area (Å²) in [7, 11) is 0. The number of nitrogens with one attached hydrogen (secondary N) is 1. The number of benzene rings is 1. The van der Waals surface area contributed by atoms with Crippen LogP contribution in [0.1, 0.15) is 13.8 Å². The molecule has 0 radical (unpaired) electrons. The highest BCUT2D eigenvalue weighted by atomic mass is 35.5. The molecule has 0 heterocycles. The molecule has 0 spiro atoms. The number of hydrogen-bond acceptors (Lipinski definition) is 2. The first-order valence-electron chi connectivity index (χ1n) is 4.30. The third kappa shape index (κ3) is 2.93. The van der Waals surface area contributed by atoms with Crippen LogP contribution in [-0.2, 0) is 4.79 Å². The van der Waals surface area contributed by atoms with Crippen LogP contribution < -0.4 is 5.32 Å². The van der Waals surface area contributed by atoms with Crippen LogP contribution in [0.2, 0.25) is 5.02 Å². The molecule has 2 nitrogen and oxygen atoms in total. The lowest BCUT2D eigenvalue weighted by molar-refractivity contribution is -0.118. The van der Waals surface area contributed by atoms with E-state index in [1.54, 1.807) is 18.2 Å². The molecule has 1 N–H and O–H groups in total. The lowest BCUT2D eigenvalue weighted by Crippen LogP contribution is -2.17. The zero-order valence-electron chi connectivity index (χ0n) is 8.04. The summed E-state index contributed by atoms with van der Waals surface area (Å²) in [5, 5.41) is 3.34. The predicted octanol–water partition coefficient (Wildman–Crippen LogP) is 3.22. The molecule has 0 bridgehead atoms. The van der Waals surface area contributed by atoms with E-state index in [9.17, 15) is 4.79 Å². The lowest BCUT2D eigenvalue weighted by atomic mass is 10.2. The number of carbonyl (C=O) groups is 1. The van der Waals surface area contributed by atoms with Gasteiger partial charge in [0.15, 0.2) is 0 Å². The minimum absolute atomic E-state index is 0.0138. The van der Waals surface area contributed by atoms with Crippen LogP contribution in [-0.4, -0.2) is 5.91 Å². The Kier molecular flexibility index (Phi) is 3.84. The van der Waals surface area contributed by atoms with Gasteiger partial charge in [-0.1, -0.05) is 25.4 Å². The number of rotatable bonds is 2. The molecule has 1 aromatic carbocycles. The van der Waals surface area contributed by atoms with Crippen LogP contribution >= 0.6 is 24.2 Å². The Morgan fingerprint density at radius 2 is 2.14 bits per heavy atom. The van der Waals surface area contributed by atoms with E-state index in [-0.39, 0.29) is 11.8 Å². The summed E-state index contributed by atoms with van der Waals surface area (Å²) >= 11 is 9.95. The van der Waals surface area contributed by atoms with Crippen LogP contribution in [0.15, 0.2) is 23.1 Å². The Balaban J connectivity index is 2.78. The number of carbonyl (C=O) groups excluding carboxylic acids is 1. The van der Waals surface area contributed by atoms with Crippen molar-refractivity contribution in [2.45, 2.75) is 18.7 Å². The van der Waals surface area contributed by atoms with Crippen molar-refractivity contribution in [2.75, 3.05) is 5.32 Å². The van der Waals surface area contributed by atoms with E-state index >= 15 is 0 Å². The van der Waals surface area contributed by atoms with Gasteiger partial charge in [-0.2, -0.15) is 0 Å². The van der Waals surface area contributed by atoms with Gasteiger partial charge in [-0.15, -0.1) is 12.6 Å². The first-order chi connectivity index (χ1) is 6.50. The molecule has 1 amide bonds. The maximum atomic E-state index is 11.3. The second-order valence-corrected chi connectivity index (χ2v) is 4.20. The van der Waals surface area contributed by atoms with E-state index in [2.05, 4.69) is 17.9 Å². The van der Waals surface area contributed by atoms with Crippen LogP contribution in [0, 0.1) is 5.92 Å². The summed E-state index contributed by atoms with van der Waals surface area (Å²) < 4.78 is 0. The molecule has 4 heteroatoms. The molecule has 0 aliphatic heterocycles. The van der Waals surface area contributed by atoms with Crippen molar-refractivity contribution in [1.82, 2.24) is 0 Å². The SMILES string of the molecule is CC(C)C(=O)Nc1ccc(Cl)c(S)c1. The van der Waals surface area contributed by atoms with Gasteiger partial charge < -0.3 is 5.32 Å². The van der Waals surface area contributed by atoms with Crippen molar-refractivity contribution < 1.29 is 4.79 Å². The molecule has 76 valence electrons. The number of amides is 1. The minimum atomic E-state index is -0.0333. The number of anilines is 1. The third-order valence-electron chi connectivity index (χ3n) is 1.74. The highest BCUT2D eigenvalue weighted by molar-refractivity contribution is 7.80. The molecule has 1 aromatic rings. The molecule has 0 atom stereocenters. The first kappa shape index (κ1) is 11.4. The van der Waals surface area contributed by atoms with Gasteiger partial charge in [-0.05, 0) is 18.2 Å². The van der Waals surface area contributed by atoms with Crippen molar-refractivity contribution in [3.8, 4) is 0 Å². The van der Waals surface area contributed by atoms with E-state index in [1.807, 2.05) is 13.8 Å². The second-order valence-electron chi connectivity index (χ2n) is 3.31. The fraction of sp³-hybridized carbons (Fsp3) is 0.300. The topological polar surface area (TPSA) is 29.1 Å². The molecular weight excluding hydrogens is 218 g/mol. The monoisotopic (exact) mass is 229 g/mol. The highest BCUT2D eigenvalue weighted by Crippen LogP contribution is 2.23. The molecule has 0 unspecified atom stereocenters. The van der Waals surface area contributed by atoms with E-state index in [0.717, 1.165) is 5.69 Å². The van der Waals surface area contributed by atoms with E-state index in [1.165, 1.54) is 0 Å². The highest BCUT2D eigenvalue weighted by Gasteiger charge is 2.07. The molecule has 0 saturated carbocycles. The minimum Gasteiger partial charge on any atom is -0.326 e. The Morgan fingerprint density at radius 1 is 1.50 bits per heavy atom. The maximum absolute atomic E-state index is 11.3. The first-order valence-corrected chi connectivity index (χ1v) is 5.12. The number of halogens is 1. The molecule has 0 fully saturated rings. The van der Waals surface area contributed by atoms with Crippen molar-refractivity contribution in [3.63, 3.8) is 0 Å². The van der Waals surface area contributed by atoms with Crippen molar-refractivity contribution in [1.29, 1.82) is 0 Å². The molecule has 0 aromatic heterocycles. The average Bonchev–Trinajstić information content (AvgIpc) is 2.11. The standard InChI is InChI=1S/C10H12ClNOS/c1-6(2)10(13)12-7-3-4-8(11)9(14)5-7/h3-6,14H,1-2H3,(H,12,13). The second kappa shape index (κ2) is 4.71. The predicted molar refractivity (Wildman–Crippen MR) is 62.2 cm³/mol. The Labute approximate surface area is 94.1 Å². The van der Waals surface area contributed by atoms with Gasteiger partial charge in [0.2, 0.25) is 5.91 Å². The van der Waals surface area contributed by atoms with Gasteiger partial charge in [-0.25, -0.2) is 0 Å². The molecule has 1 rings (SSSR count). The van der Waals surface area contributed by atoms with Crippen LogP contribution in [0.5, 0.6) is 0 Å². The normalized spacial score (nSPS) is 10.4. The fourth-order valence-electron chi connectivity index (χ4n) is 0.877. The molecule has 0 saturated heterocycles. The zero-order chi connectivity index (χ0) is 10.7. The van der Waals surface area contributed by atoms with Gasteiger partial charge in [0.1, 0.15) is 0 Å². The van der Waals surface area contributed by atoms with Gasteiger partial charge in [0, 0.05) is 16.5 Å². The van der Waals surface area contributed by atoms with Gasteiger partial charge in [0.05, 0.1) is 5.02 Å². The van der Waals surface area contributed by atoms with E-state index in [0.29, 0.717) is 9.92 Å². The van der Waals surface area contributed by atoms with Gasteiger partial charge >= 0.3 is 0 Å². The number of thiol groups is 1. The van der Waals surface area contributed by atoms with Crippen molar-refractivity contribution in [2.24, 2.45) is 5.92 Å². The summed E-state index contributed by atoms with van der Waals surface area (Å²) in [5.74, 6) is -0.0471. The lowest BCUT2D eigenvalue weighted by Gasteiger charge is -2.08. The Bertz CT molecular complexity index is 352. The van der Waals surface area contributed by atoms with Crippen LogP contribution in [0.4, 0.5) is 5.69 Å². The van der Waals surface area contributed by atoms with Crippen LogP contribution in [0.25, 0.3) is 0 Å². The molecule has 14 heavy (non-hydrogen) atoms. The largest absolute Gasteiger partial charge is 0.326 e. The van der Waals surface area contributed by atoms with Gasteiger partial charge in [0.25, 0.3) is 0 Å². The summed E-state index contributed by atoms with van der Waals surface area (Å²) in [4.78, 5) is 12.0. The third-order valence-corrected chi connectivity index (χ3v) is 2.57. The van der Waals surface area contributed by atoms with E-state index < -0.39 is 0 Å². The van der Waals surface area contributed by atoms with Crippen LogP contribution in [0.3, 0.4) is 0 Å². The summed E-state index contributed by atoms with van der Waals surface area (Å²) in [6.45, 7) is 3.68. The Morgan fingerprint density at radius 3 is 2.64 bits per heavy atom. The fourth-order valence-corrected chi connectivity index (χ4v) is 1.21.